The molecule has 0 bridgehead atoms. The van der Waals surface area contributed by atoms with E-state index in [0.717, 1.165) is 0 Å². The molecule has 0 rings (SSSR count). The van der Waals surface area contributed by atoms with Gasteiger partial charge in [0.25, 0.3) is 0 Å². The molecule has 0 spiro atoms. The zero-order valence-corrected chi connectivity index (χ0v) is 26.9. The molecule has 0 aliphatic rings. The number of hydrogen-bond acceptors (Lipinski definition) is 9. The molecular weight excluding hydrogens is 582 g/mol. The lowest BCUT2D eigenvalue weighted by Gasteiger charge is -2.24. The van der Waals surface area contributed by atoms with Gasteiger partial charge in [0.05, 0.1) is 13.2 Å². The van der Waals surface area contributed by atoms with Crippen molar-refractivity contribution in [2.24, 2.45) is 17.6 Å². The number of nitrogens with one attached hydrogen (secondary N) is 6. The first-order valence-corrected chi connectivity index (χ1v) is 15.6. The topological polar surface area (TPSA) is 238 Å². The van der Waals surface area contributed by atoms with Crippen LogP contribution in [0, 0.1) is 11.8 Å². The zero-order valence-electron chi connectivity index (χ0n) is 26.1. The molecule has 0 saturated heterocycles. The highest BCUT2D eigenvalue weighted by atomic mass is 32.2. The van der Waals surface area contributed by atoms with Gasteiger partial charge >= 0.3 is 0 Å². The number of carbonyl (C=O) groups is 7. The van der Waals surface area contributed by atoms with Crippen molar-refractivity contribution in [2.45, 2.75) is 91.0 Å². The lowest BCUT2D eigenvalue weighted by molar-refractivity contribution is -0.134. The van der Waals surface area contributed by atoms with Gasteiger partial charge in [-0.05, 0) is 50.0 Å². The molecule has 0 aromatic rings. The quantitative estimate of drug-likeness (QED) is 0.0733. The smallest absolute Gasteiger partial charge is 0.245 e. The Morgan fingerprint density at radius 2 is 1.23 bits per heavy atom. The van der Waals surface area contributed by atoms with E-state index in [1.165, 1.54) is 25.6 Å². The number of hydrogen-bond donors (Lipinski definition) is 8. The summed E-state index contributed by atoms with van der Waals surface area (Å²) in [5, 5.41) is 24.2. The number of rotatable bonds is 20. The number of nitrogens with two attached hydrogens (primary N) is 1. The zero-order chi connectivity index (χ0) is 33.3. The van der Waals surface area contributed by atoms with E-state index in [-0.39, 0.29) is 24.7 Å². The van der Waals surface area contributed by atoms with E-state index in [9.17, 15) is 38.7 Å². The molecule has 16 heteroatoms. The van der Waals surface area contributed by atoms with E-state index < -0.39 is 84.7 Å². The maximum absolute atomic E-state index is 13.0. The fraction of sp³-hybridized carbons (Fsp3) is 0.741. The summed E-state index contributed by atoms with van der Waals surface area (Å²) in [6.45, 7) is 8.86. The lowest BCUT2D eigenvalue weighted by Crippen LogP contribution is -2.57. The Morgan fingerprint density at radius 1 is 0.698 bits per heavy atom. The summed E-state index contributed by atoms with van der Waals surface area (Å²) in [6, 6.07) is -5.26. The van der Waals surface area contributed by atoms with Crippen LogP contribution in [0.1, 0.15) is 60.8 Å². The largest absolute Gasteiger partial charge is 0.394 e. The Bertz CT molecular complexity index is 979. The van der Waals surface area contributed by atoms with Crippen molar-refractivity contribution in [3.63, 3.8) is 0 Å². The summed E-state index contributed by atoms with van der Waals surface area (Å²) in [7, 11) is 0. The van der Waals surface area contributed by atoms with Gasteiger partial charge in [0.2, 0.25) is 41.4 Å². The van der Waals surface area contributed by atoms with Crippen LogP contribution >= 0.6 is 11.8 Å². The molecule has 15 nitrogen and oxygen atoms in total. The minimum atomic E-state index is -1.25. The van der Waals surface area contributed by atoms with E-state index in [4.69, 9.17) is 5.73 Å². The first-order chi connectivity index (χ1) is 20.0. The van der Waals surface area contributed by atoms with Crippen LogP contribution < -0.4 is 37.6 Å². The molecule has 3 unspecified atom stereocenters. The minimum absolute atomic E-state index is 0.0192. The second kappa shape index (κ2) is 20.5. The summed E-state index contributed by atoms with van der Waals surface area (Å²) in [6.07, 6.45) is 2.59. The van der Waals surface area contributed by atoms with Crippen LogP contribution in [0.3, 0.4) is 0 Å². The average molecular weight is 632 g/mol. The Hall–Kier alpha value is -3.40. The standard InChI is InChI=1S/C27H49N7O8S/c1-14(2)10-19(23(28)38)34-24(39)16(5)30-26(41)20(11-15(3)4)32-22(37)12-29-25(40)18(8-9-43-7)33-27(42)21(13-35)31-17(6)36/h14-16,18-21,35H,8-13H2,1-7H3,(H2,28,38)(H,29,40)(H,30,41)(H,31,36)(H,32,37)(H,33,42)(H,34,39)/t16-,18?,19?,20?,21-/m0/s1. The van der Waals surface area contributed by atoms with Gasteiger partial charge in [0.1, 0.15) is 30.2 Å². The van der Waals surface area contributed by atoms with Gasteiger partial charge in [-0.1, -0.05) is 27.7 Å². The Balaban J connectivity index is 5.30. The molecule has 0 radical (unpaired) electrons. The van der Waals surface area contributed by atoms with Crippen molar-refractivity contribution >= 4 is 53.1 Å². The third-order valence-electron chi connectivity index (χ3n) is 6.02. The van der Waals surface area contributed by atoms with E-state index >= 15 is 0 Å². The van der Waals surface area contributed by atoms with Crippen LogP contribution in [0.2, 0.25) is 0 Å². The molecule has 9 N–H and O–H groups in total. The summed E-state index contributed by atoms with van der Waals surface area (Å²) >= 11 is 1.43. The van der Waals surface area contributed by atoms with Crippen molar-refractivity contribution in [1.82, 2.24) is 31.9 Å². The van der Waals surface area contributed by atoms with Crippen LogP contribution in [-0.4, -0.2) is 102 Å². The highest BCUT2D eigenvalue weighted by Crippen LogP contribution is 2.07. The fourth-order valence-corrected chi connectivity index (χ4v) is 4.32. The molecule has 7 amide bonds. The molecule has 43 heavy (non-hydrogen) atoms. The Morgan fingerprint density at radius 3 is 1.72 bits per heavy atom. The number of primary amides is 1. The molecular formula is C27H49N7O8S. The maximum Gasteiger partial charge on any atom is 0.245 e. The van der Waals surface area contributed by atoms with Crippen LogP contribution in [0.5, 0.6) is 0 Å². The van der Waals surface area contributed by atoms with Gasteiger partial charge < -0.3 is 42.7 Å². The molecule has 0 aromatic carbocycles. The van der Waals surface area contributed by atoms with Gasteiger partial charge in [0.15, 0.2) is 0 Å². The number of aliphatic hydroxyl groups is 1. The molecule has 0 aliphatic heterocycles. The van der Waals surface area contributed by atoms with Crippen LogP contribution in [0.4, 0.5) is 0 Å². The fourth-order valence-electron chi connectivity index (χ4n) is 3.85. The summed E-state index contributed by atoms with van der Waals surface area (Å²) in [4.78, 5) is 86.6. The van der Waals surface area contributed by atoms with Crippen LogP contribution in [0.25, 0.3) is 0 Å². The van der Waals surface area contributed by atoms with Crippen LogP contribution in [0.15, 0.2) is 0 Å². The van der Waals surface area contributed by atoms with Crippen LogP contribution in [-0.2, 0) is 33.6 Å². The summed E-state index contributed by atoms with van der Waals surface area (Å²) < 4.78 is 0. The predicted molar refractivity (Wildman–Crippen MR) is 162 cm³/mol. The number of thioether (sulfide) groups is 1. The van der Waals surface area contributed by atoms with Crippen molar-refractivity contribution in [3.05, 3.63) is 0 Å². The normalized spacial score (nSPS) is 14.5. The van der Waals surface area contributed by atoms with Gasteiger partial charge in [-0.2, -0.15) is 11.8 Å². The average Bonchev–Trinajstić information content (AvgIpc) is 2.90. The molecule has 5 atom stereocenters. The van der Waals surface area contributed by atoms with E-state index in [0.29, 0.717) is 12.2 Å². The summed E-state index contributed by atoms with van der Waals surface area (Å²) in [5.74, 6) is -4.02. The van der Waals surface area contributed by atoms with Gasteiger partial charge in [-0.3, -0.25) is 33.6 Å². The maximum atomic E-state index is 13.0. The number of carbonyl (C=O) groups excluding carboxylic acids is 7. The SMILES string of the molecule is CSCCC(NC(=O)[C@H](CO)NC(C)=O)C(=O)NCC(=O)NC(CC(C)C)C(=O)N[C@@H](C)C(=O)NC(CC(C)C)C(N)=O. The predicted octanol–water partition coefficient (Wildman–Crippen LogP) is -2.11. The Labute approximate surface area is 257 Å². The van der Waals surface area contributed by atoms with Crippen molar-refractivity contribution in [3.8, 4) is 0 Å². The molecule has 0 fully saturated rings. The van der Waals surface area contributed by atoms with Crippen molar-refractivity contribution in [1.29, 1.82) is 0 Å². The van der Waals surface area contributed by atoms with Gasteiger partial charge in [0, 0.05) is 6.92 Å². The van der Waals surface area contributed by atoms with E-state index in [1.807, 2.05) is 34.0 Å². The Kier molecular flexibility index (Phi) is 18.9. The third-order valence-corrected chi connectivity index (χ3v) is 6.67. The highest BCUT2D eigenvalue weighted by Gasteiger charge is 2.29. The molecule has 0 heterocycles. The molecule has 0 aromatic heterocycles. The van der Waals surface area contributed by atoms with Crippen molar-refractivity contribution < 1.29 is 38.7 Å². The minimum Gasteiger partial charge on any atom is -0.394 e. The molecule has 0 aliphatic carbocycles. The molecule has 246 valence electrons. The first kappa shape index (κ1) is 39.6. The van der Waals surface area contributed by atoms with E-state index in [1.54, 1.807) is 0 Å². The second-order valence-corrected chi connectivity index (χ2v) is 12.1. The van der Waals surface area contributed by atoms with Gasteiger partial charge in [-0.15, -0.1) is 0 Å². The first-order valence-electron chi connectivity index (χ1n) is 14.2. The lowest BCUT2D eigenvalue weighted by atomic mass is 10.0. The van der Waals surface area contributed by atoms with E-state index in [2.05, 4.69) is 31.9 Å². The van der Waals surface area contributed by atoms with Gasteiger partial charge in [-0.25, -0.2) is 0 Å². The molecule has 0 saturated carbocycles. The monoisotopic (exact) mass is 631 g/mol. The second-order valence-electron chi connectivity index (χ2n) is 11.1. The highest BCUT2D eigenvalue weighted by molar-refractivity contribution is 7.98. The van der Waals surface area contributed by atoms with Crippen molar-refractivity contribution in [2.75, 3.05) is 25.2 Å². The summed E-state index contributed by atoms with van der Waals surface area (Å²) in [5.41, 5.74) is 5.38. The number of amides is 7. The third kappa shape index (κ3) is 16.7. The number of aliphatic hydroxyl groups excluding tert-OH is 1.